The highest BCUT2D eigenvalue weighted by Gasteiger charge is 2.52. The van der Waals surface area contributed by atoms with Gasteiger partial charge in [0.15, 0.2) is 69.8 Å². The molecule has 0 fully saturated rings. The average molecular weight is 737 g/mol. The Labute approximate surface area is 257 Å². The molecule has 0 bridgehead atoms. The maximum atomic E-state index is 15.4. The summed E-state index contributed by atoms with van der Waals surface area (Å²) in [7, 11) is 0. The number of quaternary nitrogens is 1. The zero-order valence-electron chi connectivity index (χ0n) is 22.8. The Morgan fingerprint density at radius 3 is 0.510 bits per heavy atom. The highest BCUT2D eigenvalue weighted by atomic mass is 19.2. The van der Waals surface area contributed by atoms with Crippen molar-refractivity contribution in [3.8, 4) is 0 Å². The van der Waals surface area contributed by atoms with Gasteiger partial charge in [0.1, 0.15) is 52.7 Å². The van der Waals surface area contributed by atoms with E-state index in [9.17, 15) is 52.7 Å². The van der Waals surface area contributed by atoms with Crippen LogP contribution in [0, 0.1) is 116 Å². The molecule has 1 nitrogen and oxygen atoms in total. The third-order valence-corrected chi connectivity index (χ3v) is 6.91. The Kier molecular flexibility index (Phi) is 10.8. The molecule has 0 saturated carbocycles. The van der Waals surface area contributed by atoms with Crippen molar-refractivity contribution in [3.05, 3.63) is 129 Å². The molecular formula is C27H8BF20N. The lowest BCUT2D eigenvalue weighted by atomic mass is 9.12. The fourth-order valence-electron chi connectivity index (χ4n) is 4.87. The summed E-state index contributed by atoms with van der Waals surface area (Å²) in [5, 5.41) is 0. The zero-order chi connectivity index (χ0) is 37.8. The van der Waals surface area contributed by atoms with Gasteiger partial charge in [-0.2, -0.15) is 0 Å². The molecule has 4 rings (SSSR count). The fraction of sp³-hybridized carbons (Fsp3) is 0.0370. The largest absolute Gasteiger partial charge is 0.354 e. The summed E-state index contributed by atoms with van der Waals surface area (Å²) in [6, 6.07) is 0. The maximum Gasteiger partial charge on any atom is 0.200 e. The molecule has 49 heavy (non-hydrogen) atoms. The fourth-order valence-corrected chi connectivity index (χ4v) is 4.87. The second-order valence-electron chi connectivity index (χ2n) is 9.38. The summed E-state index contributed by atoms with van der Waals surface area (Å²) in [6.45, 7) is 4.25. The average Bonchev–Trinajstić information content (AvgIpc) is 3.08. The van der Waals surface area contributed by atoms with Gasteiger partial charge in [0, 0.05) is 0 Å². The van der Waals surface area contributed by atoms with Crippen LogP contribution in [0.4, 0.5) is 87.8 Å². The van der Waals surface area contributed by atoms with Crippen LogP contribution in [0.1, 0.15) is 0 Å². The van der Waals surface area contributed by atoms with Gasteiger partial charge in [-0.05, 0) is 6.08 Å². The molecule has 0 saturated heterocycles. The molecule has 0 atom stereocenters. The van der Waals surface area contributed by atoms with Crippen molar-refractivity contribution in [2.24, 2.45) is 0 Å². The number of benzene rings is 4. The first-order chi connectivity index (χ1) is 22.6. The van der Waals surface area contributed by atoms with E-state index in [-0.39, 0.29) is 0 Å². The van der Waals surface area contributed by atoms with E-state index >= 15 is 35.1 Å². The molecular weight excluding hydrogens is 729 g/mol. The van der Waals surface area contributed by atoms with Crippen LogP contribution in [0.2, 0.25) is 0 Å². The lowest BCUT2D eigenvalue weighted by Crippen LogP contribution is -2.81. The van der Waals surface area contributed by atoms with E-state index in [1.165, 1.54) is 0 Å². The van der Waals surface area contributed by atoms with Gasteiger partial charge in [0.25, 0.3) is 0 Å². The van der Waals surface area contributed by atoms with E-state index in [1.807, 2.05) is 0 Å². The summed E-state index contributed by atoms with van der Waals surface area (Å²) in [6.07, 6.45) is -5.45. The molecule has 0 heterocycles. The van der Waals surface area contributed by atoms with Crippen LogP contribution in [0.3, 0.4) is 0 Å². The molecule has 0 aliphatic rings. The Balaban J connectivity index is 0.00000154. The molecule has 0 spiro atoms. The van der Waals surface area contributed by atoms with Crippen molar-refractivity contribution < 1.29 is 93.5 Å². The van der Waals surface area contributed by atoms with Crippen molar-refractivity contribution >= 4 is 28.0 Å². The molecule has 264 valence electrons. The van der Waals surface area contributed by atoms with E-state index in [1.54, 1.807) is 6.08 Å². The van der Waals surface area contributed by atoms with Crippen molar-refractivity contribution in [1.82, 2.24) is 0 Å². The molecule has 3 N–H and O–H groups in total. The number of hydrogen-bond acceptors (Lipinski definition) is 0. The van der Waals surface area contributed by atoms with Gasteiger partial charge in [-0.3, -0.25) is 0 Å². The second kappa shape index (κ2) is 13.6. The minimum atomic E-state index is -7.22. The summed E-state index contributed by atoms with van der Waals surface area (Å²) in [5.74, 6) is -71.4. The van der Waals surface area contributed by atoms with Crippen LogP contribution in [0.15, 0.2) is 12.7 Å². The van der Waals surface area contributed by atoms with Crippen LogP contribution < -0.4 is 27.6 Å². The molecule has 0 radical (unpaired) electrons. The van der Waals surface area contributed by atoms with Crippen molar-refractivity contribution in [1.29, 1.82) is 0 Å². The van der Waals surface area contributed by atoms with E-state index in [0.717, 1.165) is 6.54 Å². The van der Waals surface area contributed by atoms with E-state index < -0.39 is 144 Å². The molecule has 0 aliphatic carbocycles. The highest BCUT2D eigenvalue weighted by molar-refractivity contribution is 7.20. The third-order valence-electron chi connectivity index (χ3n) is 6.91. The number of rotatable bonds is 5. The summed E-state index contributed by atoms with van der Waals surface area (Å²) in [4.78, 5) is 0. The first kappa shape index (κ1) is 38.7. The van der Waals surface area contributed by atoms with Gasteiger partial charge < -0.3 is 5.73 Å². The smallest absolute Gasteiger partial charge is 0.200 e. The van der Waals surface area contributed by atoms with E-state index in [2.05, 4.69) is 12.3 Å². The van der Waals surface area contributed by atoms with Crippen molar-refractivity contribution in [2.45, 2.75) is 0 Å². The first-order valence-electron chi connectivity index (χ1n) is 12.3. The monoisotopic (exact) mass is 737 g/mol. The van der Waals surface area contributed by atoms with Crippen LogP contribution in [0.25, 0.3) is 0 Å². The lowest BCUT2D eigenvalue weighted by molar-refractivity contribution is -0.352. The van der Waals surface area contributed by atoms with Gasteiger partial charge in [-0.25, -0.2) is 87.8 Å². The predicted octanol–water partition coefficient (Wildman–Crippen LogP) is 5.26. The Morgan fingerprint density at radius 2 is 0.408 bits per heavy atom. The third kappa shape index (κ3) is 5.44. The molecule has 4 aromatic carbocycles. The minimum Gasteiger partial charge on any atom is -0.354 e. The van der Waals surface area contributed by atoms with Crippen molar-refractivity contribution in [2.75, 3.05) is 6.54 Å². The summed E-state index contributed by atoms with van der Waals surface area (Å²) in [5.41, 5.74) is -10.8. The summed E-state index contributed by atoms with van der Waals surface area (Å²) >= 11 is 0. The molecule has 0 amide bonds. The van der Waals surface area contributed by atoms with Gasteiger partial charge in [-0.1, -0.05) is 6.58 Å². The van der Waals surface area contributed by atoms with Crippen LogP contribution >= 0.6 is 0 Å². The number of halogens is 20. The van der Waals surface area contributed by atoms with Crippen LogP contribution in [-0.2, 0) is 0 Å². The zero-order valence-corrected chi connectivity index (χ0v) is 22.8. The maximum absolute atomic E-state index is 15.4. The summed E-state index contributed by atoms with van der Waals surface area (Å²) < 4.78 is 294. The predicted molar refractivity (Wildman–Crippen MR) is 127 cm³/mol. The van der Waals surface area contributed by atoms with Crippen LogP contribution in [0.5, 0.6) is 0 Å². The lowest BCUT2D eigenvalue weighted by Gasteiger charge is -2.44. The normalized spacial score (nSPS) is 11.5. The molecule has 0 unspecified atom stereocenters. The van der Waals surface area contributed by atoms with Gasteiger partial charge >= 0.3 is 0 Å². The van der Waals surface area contributed by atoms with Gasteiger partial charge in [0.05, 0.1) is 6.54 Å². The topological polar surface area (TPSA) is 27.6 Å². The van der Waals surface area contributed by atoms with Crippen LogP contribution in [-0.4, -0.2) is 12.7 Å². The highest BCUT2D eigenvalue weighted by Crippen LogP contribution is 2.30. The minimum absolute atomic E-state index is 0.833. The SMILES string of the molecule is C=CC[NH3+].Fc1c(F)c(F)c([B-](c2c(F)c(F)c(F)c(F)c2F)(c2c(F)c(F)c(F)c(F)c2F)c2c(F)c(F)c(F)c(F)c2F)c(F)c1F. The molecule has 4 aromatic rings. The molecule has 0 aliphatic heterocycles. The van der Waals surface area contributed by atoms with Crippen molar-refractivity contribution in [3.63, 3.8) is 0 Å². The first-order valence-corrected chi connectivity index (χ1v) is 12.3. The Hall–Kier alpha value is -4.76. The van der Waals surface area contributed by atoms with E-state index in [4.69, 9.17) is 0 Å². The van der Waals surface area contributed by atoms with Gasteiger partial charge in [0.2, 0.25) is 0 Å². The number of hydrogen-bond donors (Lipinski definition) is 1. The molecule has 22 heteroatoms. The standard InChI is InChI=1S/C24BF20.C3H7N/c26-5-1(6(27)14(35)21(42)13(5)34)25(2-7(28)15(36)22(43)16(37)8(2)29,3-9(30)17(38)23(44)18(39)10(3)31)4-11(32)19(40)24(45)20(41)12(4)33;1-2-3-4/h;2H,1,3-4H2/q-1;/p+1. The molecule has 0 aromatic heterocycles. The second-order valence-corrected chi connectivity index (χ2v) is 9.38. The quantitative estimate of drug-likeness (QED) is 0.0954. The van der Waals surface area contributed by atoms with Gasteiger partial charge in [-0.15, -0.1) is 21.9 Å². The van der Waals surface area contributed by atoms with E-state index in [0.29, 0.717) is 0 Å². The Bertz CT molecular complexity index is 1650. The Morgan fingerprint density at radius 1 is 0.306 bits per heavy atom.